The van der Waals surface area contributed by atoms with Crippen molar-refractivity contribution in [1.29, 1.82) is 0 Å². The lowest BCUT2D eigenvalue weighted by Crippen LogP contribution is -2.52. The van der Waals surface area contributed by atoms with Crippen molar-refractivity contribution in [1.82, 2.24) is 0 Å². The quantitative estimate of drug-likeness (QED) is 0.200. The van der Waals surface area contributed by atoms with Gasteiger partial charge in [-0.3, -0.25) is 4.58 Å². The van der Waals surface area contributed by atoms with E-state index in [1.807, 2.05) is 0 Å². The molecule has 0 rings (SSSR count). The fourth-order valence-corrected chi connectivity index (χ4v) is 9.79. The van der Waals surface area contributed by atoms with Gasteiger partial charge in [0, 0.05) is 0 Å². The van der Waals surface area contributed by atoms with E-state index in [0.717, 1.165) is 6.29 Å². The molecular weight excluding hydrogens is 348 g/mol. The average molecular weight is 391 g/mol. The second kappa shape index (κ2) is 9.26. The Balaban J connectivity index is 5.56. The number of aldehydes is 1. The monoisotopic (exact) mass is 390 g/mol. The average Bonchev–Trinajstić information content (AvgIpc) is 2.38. The van der Waals surface area contributed by atoms with E-state index in [1.54, 1.807) is 0 Å². The van der Waals surface area contributed by atoms with Crippen LogP contribution in [0.25, 0.3) is 0 Å². The van der Waals surface area contributed by atoms with Crippen molar-refractivity contribution in [3.63, 3.8) is 0 Å². The fourth-order valence-electron chi connectivity index (χ4n) is 3.69. The molecule has 150 valence electrons. The van der Waals surface area contributed by atoms with Crippen molar-refractivity contribution in [3.8, 4) is 0 Å². The normalized spacial score (nSPS) is 16.6. The second-order valence-electron chi connectivity index (χ2n) is 10.1. The van der Waals surface area contributed by atoms with Crippen molar-refractivity contribution in [3.05, 3.63) is 0 Å². The molecule has 0 radical (unpaired) electrons. The summed E-state index contributed by atoms with van der Waals surface area (Å²) < 4.78 is 12.5. The van der Waals surface area contributed by atoms with Crippen molar-refractivity contribution >= 4 is 22.9 Å². The molecule has 25 heavy (non-hydrogen) atoms. The van der Waals surface area contributed by atoms with Crippen LogP contribution < -0.4 is 0 Å². The Bertz CT molecular complexity index is 387. The zero-order valence-electron chi connectivity index (χ0n) is 18.6. The van der Waals surface area contributed by atoms with Crippen LogP contribution in [0.4, 0.5) is 0 Å². The van der Waals surface area contributed by atoms with Crippen LogP contribution in [0, 0.1) is 5.41 Å². The molecule has 0 amide bonds. The highest BCUT2D eigenvalue weighted by Crippen LogP contribution is 2.43. The minimum Gasteiger partial charge on any atom is -0.411 e. The fraction of sp³-hybridized carbons (Fsp3) is 0.947. The summed E-state index contributed by atoms with van der Waals surface area (Å²) in [6.07, 6.45) is -0.194. The molecule has 0 aliphatic carbocycles. The Morgan fingerprint density at radius 1 is 0.840 bits per heavy atom. The van der Waals surface area contributed by atoms with Gasteiger partial charge in [-0.15, -0.1) is 0 Å². The molecule has 6 heteroatoms. The van der Waals surface area contributed by atoms with E-state index in [2.05, 4.69) is 82.0 Å². The third kappa shape index (κ3) is 6.90. The molecular formula is C19H42O4Si2. The number of carbonyl (C=O) groups excluding carboxylic acids is 1. The van der Waals surface area contributed by atoms with Gasteiger partial charge in [0.15, 0.2) is 20.7 Å². The molecule has 2 atom stereocenters. The largest absolute Gasteiger partial charge is 0.411 e. The van der Waals surface area contributed by atoms with E-state index in [0.29, 0.717) is 16.6 Å². The van der Waals surface area contributed by atoms with Crippen LogP contribution in [0.1, 0.15) is 62.3 Å². The first-order valence-corrected chi connectivity index (χ1v) is 15.1. The first-order valence-electron chi connectivity index (χ1n) is 9.57. The molecule has 0 aromatic carbocycles. The number of hydrogen-bond acceptors (Lipinski definition) is 4. The molecule has 0 spiro atoms. The van der Waals surface area contributed by atoms with Gasteiger partial charge in [0.05, 0.1) is 6.10 Å². The van der Waals surface area contributed by atoms with Crippen LogP contribution >= 0.6 is 0 Å². The van der Waals surface area contributed by atoms with Crippen LogP contribution in [-0.2, 0) is 18.7 Å². The van der Waals surface area contributed by atoms with Gasteiger partial charge in [-0.1, -0.05) is 62.3 Å². The molecule has 0 aromatic heterocycles. The molecule has 0 unspecified atom stereocenters. The maximum atomic E-state index is 11.9. The Hall–Kier alpha value is -0.0162. The van der Waals surface area contributed by atoms with E-state index in [9.17, 15) is 4.79 Å². The maximum absolute atomic E-state index is 11.9. The van der Waals surface area contributed by atoms with Crippen LogP contribution in [0.3, 0.4) is 0 Å². The third-order valence-electron chi connectivity index (χ3n) is 4.78. The summed E-state index contributed by atoms with van der Waals surface area (Å²) in [5, 5.41) is 0. The summed E-state index contributed by atoms with van der Waals surface area (Å²) in [5.74, 6) is 0. The molecule has 4 nitrogen and oxygen atoms in total. The van der Waals surface area contributed by atoms with Crippen molar-refractivity contribution in [2.24, 2.45) is 5.41 Å². The van der Waals surface area contributed by atoms with Gasteiger partial charge in [0.1, 0.15) is 0 Å². The van der Waals surface area contributed by atoms with Gasteiger partial charge in [-0.25, -0.2) is 4.89 Å². The lowest BCUT2D eigenvalue weighted by molar-refractivity contribution is -0.273. The van der Waals surface area contributed by atoms with E-state index in [-0.39, 0.29) is 11.5 Å². The van der Waals surface area contributed by atoms with Gasteiger partial charge in [0.2, 0.25) is 8.32 Å². The topological polar surface area (TPSA) is 44.8 Å². The van der Waals surface area contributed by atoms with Crippen LogP contribution in [-0.4, -0.2) is 35.1 Å². The molecule has 0 N–H and O–H groups in total. The van der Waals surface area contributed by atoms with Gasteiger partial charge in [-0.05, 0) is 41.7 Å². The van der Waals surface area contributed by atoms with Gasteiger partial charge < -0.3 is 9.22 Å². The van der Waals surface area contributed by atoms with Crippen LogP contribution in [0.2, 0.25) is 36.3 Å². The summed E-state index contributed by atoms with van der Waals surface area (Å²) in [4.78, 5) is 17.7. The Labute approximate surface area is 158 Å². The zero-order chi connectivity index (χ0) is 20.2. The number of rotatable bonds is 10. The van der Waals surface area contributed by atoms with E-state index < -0.39 is 22.7 Å². The lowest BCUT2D eigenvalue weighted by atomic mass is 9.86. The highest BCUT2D eigenvalue weighted by molar-refractivity contribution is 6.77. The molecule has 0 saturated heterocycles. The summed E-state index contributed by atoms with van der Waals surface area (Å²) in [7, 11) is -4.03. The van der Waals surface area contributed by atoms with E-state index in [1.165, 1.54) is 0 Å². The minimum atomic E-state index is -2.20. The molecule has 0 aliphatic rings. The number of hydrogen-bond donors (Lipinski definition) is 0. The maximum Gasteiger partial charge on any atom is 0.246 e. The third-order valence-corrected chi connectivity index (χ3v) is 11.5. The van der Waals surface area contributed by atoms with E-state index >= 15 is 0 Å². The van der Waals surface area contributed by atoms with Crippen molar-refractivity contribution in [2.75, 3.05) is 0 Å². The van der Waals surface area contributed by atoms with Crippen molar-refractivity contribution in [2.45, 2.75) is 111 Å². The summed E-state index contributed by atoms with van der Waals surface area (Å²) in [5.41, 5.74) is 0.967. The molecule has 0 fully saturated rings. The Morgan fingerprint density at radius 3 is 1.48 bits per heavy atom. The molecule has 0 aromatic rings. The standard InChI is InChI=1S/C19H42O4Si2/c1-14(2)25(15(3)4,16(5)6)23-21-17(13-20)18(19(7,8)9)22-24(10,11)12/h13-18H,1-12H3/t17-,18-/m1/s1. The lowest BCUT2D eigenvalue weighted by Gasteiger charge is -2.43. The predicted molar refractivity (Wildman–Crippen MR) is 111 cm³/mol. The summed E-state index contributed by atoms with van der Waals surface area (Å²) in [6, 6.07) is 0. The molecule has 0 heterocycles. The highest BCUT2D eigenvalue weighted by Gasteiger charge is 2.48. The summed E-state index contributed by atoms with van der Waals surface area (Å²) in [6.45, 7) is 25.8. The van der Waals surface area contributed by atoms with E-state index in [4.69, 9.17) is 13.9 Å². The predicted octanol–water partition coefficient (Wildman–Crippen LogP) is 5.94. The van der Waals surface area contributed by atoms with Gasteiger partial charge in [-0.2, -0.15) is 0 Å². The minimum absolute atomic E-state index is 0.215. The number of carbonyl (C=O) groups is 1. The Kier molecular flexibility index (Phi) is 9.26. The smallest absolute Gasteiger partial charge is 0.246 e. The zero-order valence-corrected chi connectivity index (χ0v) is 20.6. The SMILES string of the molecule is CC(C)[Si](OO[C@H](C=O)[C@@H](O[Si](C)(C)C)C(C)(C)C)(C(C)C)C(C)C. The van der Waals surface area contributed by atoms with Gasteiger partial charge in [0.25, 0.3) is 0 Å². The van der Waals surface area contributed by atoms with Crippen LogP contribution in [0.15, 0.2) is 0 Å². The molecule has 0 bridgehead atoms. The summed E-state index contributed by atoms with van der Waals surface area (Å²) >= 11 is 0. The highest BCUT2D eigenvalue weighted by atomic mass is 28.4. The van der Waals surface area contributed by atoms with Gasteiger partial charge >= 0.3 is 0 Å². The first-order chi connectivity index (χ1) is 11.1. The molecule has 0 saturated carbocycles. The van der Waals surface area contributed by atoms with Crippen molar-refractivity contribution < 1.29 is 18.7 Å². The van der Waals surface area contributed by atoms with Crippen LogP contribution in [0.5, 0.6) is 0 Å². The molecule has 0 aliphatic heterocycles. The first kappa shape index (κ1) is 25.0. The Morgan fingerprint density at radius 2 is 1.24 bits per heavy atom. The second-order valence-corrected chi connectivity index (χ2v) is 19.9.